The Bertz CT molecular complexity index is 1640. The molecular weight excluding hydrogens is 654 g/mol. The summed E-state index contributed by atoms with van der Waals surface area (Å²) in [6.07, 6.45) is 5.12. The number of aryl methyl sites for hydroxylation is 2. The number of benzene rings is 2. The fraction of sp³-hybridized carbons (Fsp3) is 0.459. The van der Waals surface area contributed by atoms with Crippen LogP contribution in [0.15, 0.2) is 60.9 Å². The van der Waals surface area contributed by atoms with Crippen molar-refractivity contribution < 1.29 is 33.4 Å². The van der Waals surface area contributed by atoms with Gasteiger partial charge in [-0.05, 0) is 61.8 Å². The molecule has 0 fully saturated rings. The highest BCUT2D eigenvalue weighted by molar-refractivity contribution is 5.94. The number of ether oxygens (including phenoxy) is 2. The number of methoxy groups -OCH3 is 1. The molecule has 0 saturated carbocycles. The first kappa shape index (κ1) is 38.4. The van der Waals surface area contributed by atoms with Gasteiger partial charge in [0, 0.05) is 31.9 Å². The summed E-state index contributed by atoms with van der Waals surface area (Å²) in [7, 11) is 1.52. The van der Waals surface area contributed by atoms with Crippen molar-refractivity contribution in [1.29, 1.82) is 0 Å². The van der Waals surface area contributed by atoms with Crippen LogP contribution < -0.4 is 36.1 Å². The molecule has 1 aliphatic heterocycles. The van der Waals surface area contributed by atoms with E-state index in [0.717, 1.165) is 11.1 Å². The number of hydrogen-bond donors (Lipinski definition) is 5. The lowest BCUT2D eigenvalue weighted by Crippen LogP contribution is -2.58. The topological polar surface area (TPSA) is 182 Å². The first-order valence-corrected chi connectivity index (χ1v) is 17.3. The fourth-order valence-electron chi connectivity index (χ4n) is 5.69. The van der Waals surface area contributed by atoms with E-state index in [1.807, 2.05) is 50.2 Å². The van der Waals surface area contributed by atoms with Crippen molar-refractivity contribution in [2.45, 2.75) is 77.5 Å². The number of aromatic nitrogens is 2. The summed E-state index contributed by atoms with van der Waals surface area (Å²) < 4.78 is 12.9. The van der Waals surface area contributed by atoms with Crippen LogP contribution in [-0.2, 0) is 43.4 Å². The van der Waals surface area contributed by atoms with Gasteiger partial charge < -0.3 is 40.6 Å². The Hall–Kier alpha value is -5.40. The molecule has 14 nitrogen and oxygen atoms in total. The van der Waals surface area contributed by atoms with Crippen molar-refractivity contribution in [3.63, 3.8) is 0 Å². The second-order valence-electron chi connectivity index (χ2n) is 12.9. The molecule has 0 radical (unpaired) electrons. The Labute approximate surface area is 298 Å². The molecule has 0 spiro atoms. The minimum atomic E-state index is -1.05. The molecule has 0 aliphatic carbocycles. The van der Waals surface area contributed by atoms with Crippen molar-refractivity contribution in [3.05, 3.63) is 77.9 Å². The number of nitrogens with one attached hydrogen (secondary N) is 5. The maximum Gasteiger partial charge on any atom is 0.257 e. The smallest absolute Gasteiger partial charge is 0.257 e. The number of rotatable bonds is 7. The van der Waals surface area contributed by atoms with Crippen LogP contribution in [0.1, 0.15) is 50.1 Å². The highest BCUT2D eigenvalue weighted by Crippen LogP contribution is 2.28. The van der Waals surface area contributed by atoms with E-state index in [1.165, 1.54) is 7.11 Å². The van der Waals surface area contributed by atoms with Crippen LogP contribution in [0.5, 0.6) is 11.5 Å². The van der Waals surface area contributed by atoms with Crippen LogP contribution in [0.3, 0.4) is 0 Å². The quantitative estimate of drug-likeness (QED) is 0.246. The zero-order valence-corrected chi connectivity index (χ0v) is 29.7. The predicted molar refractivity (Wildman–Crippen MR) is 190 cm³/mol. The highest BCUT2D eigenvalue weighted by Gasteiger charge is 2.31. The summed E-state index contributed by atoms with van der Waals surface area (Å²) in [5.74, 6) is -0.953. The normalized spacial score (nSPS) is 20.0. The molecule has 2 bridgehead atoms. The molecule has 5 N–H and O–H groups in total. The number of nitrogens with zero attached hydrogens (tertiary/aromatic N) is 2. The second kappa shape index (κ2) is 19.1. The monoisotopic (exact) mass is 703 g/mol. The number of carbonyl (C=O) groups excluding carboxylic acids is 5. The summed E-state index contributed by atoms with van der Waals surface area (Å²) in [6, 6.07) is 11.7. The lowest BCUT2D eigenvalue weighted by Gasteiger charge is -2.27. The Kier molecular flexibility index (Phi) is 14.4. The van der Waals surface area contributed by atoms with Gasteiger partial charge in [0.05, 0.1) is 7.11 Å². The lowest BCUT2D eigenvalue weighted by atomic mass is 10.00. The molecule has 5 amide bonds. The Balaban J connectivity index is 1.58. The fourth-order valence-corrected chi connectivity index (χ4v) is 5.69. The number of imidazole rings is 1. The molecule has 51 heavy (non-hydrogen) atoms. The molecule has 2 heterocycles. The van der Waals surface area contributed by atoms with Gasteiger partial charge >= 0.3 is 0 Å². The highest BCUT2D eigenvalue weighted by atomic mass is 16.5. The molecule has 0 saturated heterocycles. The minimum absolute atomic E-state index is 0.0620. The zero-order valence-electron chi connectivity index (χ0n) is 29.7. The number of fused-ring (bicyclic) bond motifs is 2. The molecule has 3 atom stereocenters. The molecule has 1 aliphatic rings. The van der Waals surface area contributed by atoms with E-state index in [1.54, 1.807) is 36.0 Å². The van der Waals surface area contributed by atoms with E-state index in [2.05, 4.69) is 31.6 Å². The molecular formula is C37H49N7O7. The molecule has 4 rings (SSSR count). The average molecular weight is 704 g/mol. The number of carbonyl (C=O) groups is 5. The van der Waals surface area contributed by atoms with Gasteiger partial charge in [-0.15, -0.1) is 0 Å². The maximum absolute atomic E-state index is 13.9. The third kappa shape index (κ3) is 11.9. The van der Waals surface area contributed by atoms with E-state index in [9.17, 15) is 24.0 Å². The van der Waals surface area contributed by atoms with Crippen molar-refractivity contribution in [3.8, 4) is 11.5 Å². The van der Waals surface area contributed by atoms with Gasteiger partial charge in [-0.3, -0.25) is 24.0 Å². The molecule has 0 unspecified atom stereocenters. The van der Waals surface area contributed by atoms with Crippen molar-refractivity contribution in [2.75, 3.05) is 26.8 Å². The Morgan fingerprint density at radius 2 is 1.76 bits per heavy atom. The van der Waals surface area contributed by atoms with Gasteiger partial charge in [0.2, 0.25) is 23.6 Å². The van der Waals surface area contributed by atoms with Gasteiger partial charge in [0.1, 0.15) is 30.5 Å². The lowest BCUT2D eigenvalue weighted by molar-refractivity contribution is -0.134. The molecule has 14 heteroatoms. The first-order chi connectivity index (χ1) is 24.5. The Morgan fingerprint density at radius 1 is 1.00 bits per heavy atom. The van der Waals surface area contributed by atoms with E-state index in [-0.39, 0.29) is 50.3 Å². The first-order valence-electron chi connectivity index (χ1n) is 17.3. The number of hydrogen-bond acceptors (Lipinski definition) is 8. The van der Waals surface area contributed by atoms with Crippen LogP contribution in [0.25, 0.3) is 0 Å². The third-order valence-corrected chi connectivity index (χ3v) is 8.57. The average Bonchev–Trinajstić information content (AvgIpc) is 3.52. The summed E-state index contributed by atoms with van der Waals surface area (Å²) in [4.78, 5) is 71.1. The van der Waals surface area contributed by atoms with Gasteiger partial charge in [-0.1, -0.05) is 50.2 Å². The zero-order chi connectivity index (χ0) is 36.8. The van der Waals surface area contributed by atoms with E-state index < -0.39 is 35.8 Å². The summed E-state index contributed by atoms with van der Waals surface area (Å²) in [5, 5.41) is 14.2. The number of amides is 5. The third-order valence-electron chi connectivity index (χ3n) is 8.57. The molecule has 3 aromatic rings. The van der Waals surface area contributed by atoms with Crippen LogP contribution in [0.2, 0.25) is 0 Å². The van der Waals surface area contributed by atoms with Crippen LogP contribution in [-0.4, -0.2) is 84.0 Å². The predicted octanol–water partition coefficient (Wildman–Crippen LogP) is 1.59. The second-order valence-corrected chi connectivity index (χ2v) is 12.9. The summed E-state index contributed by atoms with van der Waals surface area (Å²) >= 11 is 0. The van der Waals surface area contributed by atoms with E-state index >= 15 is 0 Å². The van der Waals surface area contributed by atoms with E-state index in [0.29, 0.717) is 43.1 Å². The molecule has 1 aromatic heterocycles. The van der Waals surface area contributed by atoms with Gasteiger partial charge in [0.15, 0.2) is 18.1 Å². The van der Waals surface area contributed by atoms with Crippen LogP contribution >= 0.6 is 0 Å². The largest absolute Gasteiger partial charge is 0.493 e. The standard InChI is InChI=1S/C37H49N7O7/c1-24(2)34-37(49)40-17-8-12-27-14-15-30(50-4)31(21-27)51-23-33(46)39-16-9-13-28(41-32(45)22-44-19-18-38-25(44)3)35(47)42-29(36(48)43-34)20-26-10-6-5-7-11-26/h5-7,10-11,14-15,18-19,21,24,28-29,34H,8-9,12-13,16-17,20,22-23H2,1-4H3,(H,39,46)(H,40,49)(H,41,45)(H,42,47)(H,43,48)/t28-,29-,34+/m0/s1. The molecule has 274 valence electrons. The SMILES string of the molecule is COc1ccc2cc1OCC(=O)NCCC[C@H](NC(=O)Cn1ccnc1C)C(=O)N[C@@H](Cc1ccccc1)C(=O)N[C@H](C(C)C)C(=O)NCCC2. The van der Waals surface area contributed by atoms with Crippen molar-refractivity contribution in [2.24, 2.45) is 5.92 Å². The van der Waals surface area contributed by atoms with Gasteiger partial charge in [-0.2, -0.15) is 0 Å². The van der Waals surface area contributed by atoms with Gasteiger partial charge in [0.25, 0.3) is 5.91 Å². The Morgan fingerprint density at radius 3 is 2.47 bits per heavy atom. The maximum atomic E-state index is 13.9. The molecule has 2 aromatic carbocycles. The summed E-state index contributed by atoms with van der Waals surface area (Å²) in [5.41, 5.74) is 1.74. The van der Waals surface area contributed by atoms with Gasteiger partial charge in [-0.25, -0.2) is 4.98 Å². The van der Waals surface area contributed by atoms with Crippen molar-refractivity contribution in [1.82, 2.24) is 36.1 Å². The minimum Gasteiger partial charge on any atom is -0.493 e. The van der Waals surface area contributed by atoms with Crippen molar-refractivity contribution >= 4 is 29.5 Å². The van der Waals surface area contributed by atoms with Crippen LogP contribution in [0, 0.1) is 12.8 Å². The van der Waals surface area contributed by atoms with Crippen LogP contribution in [0.4, 0.5) is 0 Å². The summed E-state index contributed by atoms with van der Waals surface area (Å²) in [6.45, 7) is 5.68. The van der Waals surface area contributed by atoms with E-state index in [4.69, 9.17) is 9.47 Å².